The smallest absolute Gasteiger partial charge is 0.329 e. The van der Waals surface area contributed by atoms with E-state index in [0.717, 1.165) is 56.8 Å². The standard InChI is InChI=1S/C27H34N6O5/c34-21-8-1-2-9-22(21)38-20-7-5-13-33(17-20)26-15-28-14-24(31-26)29-23-10-3-11-25(30-23)32-12-4-6-19(16-32)37-18-27(35)36/h2-3,9-11,14-15,19-20,34H,1,4-8,12-13,16-18H2,(H,35,36)(H,29,30,31). The number of aliphatic hydroxyl groups excluding tert-OH is 1. The molecule has 11 nitrogen and oxygen atoms in total. The van der Waals surface area contributed by atoms with Crippen LogP contribution in [0.5, 0.6) is 0 Å². The number of aliphatic carboxylic acids is 1. The van der Waals surface area contributed by atoms with E-state index in [4.69, 9.17) is 24.5 Å². The summed E-state index contributed by atoms with van der Waals surface area (Å²) in [6, 6.07) is 5.75. The molecule has 2 saturated heterocycles. The quantitative estimate of drug-likeness (QED) is 0.444. The van der Waals surface area contributed by atoms with Crippen molar-refractivity contribution in [2.75, 3.05) is 47.9 Å². The Kier molecular flexibility index (Phi) is 8.22. The number of piperidine rings is 2. The second-order valence-corrected chi connectivity index (χ2v) is 9.76. The van der Waals surface area contributed by atoms with E-state index < -0.39 is 5.97 Å². The first-order valence-corrected chi connectivity index (χ1v) is 13.2. The lowest BCUT2D eigenvalue weighted by atomic mass is 10.1. The molecule has 0 spiro atoms. The fraction of sp³-hybridized carbons (Fsp3) is 0.481. The van der Waals surface area contributed by atoms with Crippen LogP contribution in [0.3, 0.4) is 0 Å². The number of rotatable bonds is 9. The van der Waals surface area contributed by atoms with Crippen molar-refractivity contribution in [1.82, 2.24) is 15.0 Å². The molecule has 3 aliphatic rings. The monoisotopic (exact) mass is 522 g/mol. The molecule has 0 radical (unpaired) electrons. The van der Waals surface area contributed by atoms with Gasteiger partial charge in [-0.1, -0.05) is 12.1 Å². The van der Waals surface area contributed by atoms with Crippen molar-refractivity contribution in [3.63, 3.8) is 0 Å². The minimum absolute atomic E-state index is 0.0340. The van der Waals surface area contributed by atoms with Gasteiger partial charge in [-0.25, -0.2) is 14.8 Å². The van der Waals surface area contributed by atoms with Crippen molar-refractivity contribution < 1.29 is 24.5 Å². The normalized spacial score (nSPS) is 21.9. The van der Waals surface area contributed by atoms with Crippen molar-refractivity contribution in [3.05, 3.63) is 54.3 Å². The molecular weight excluding hydrogens is 488 g/mol. The summed E-state index contributed by atoms with van der Waals surface area (Å²) in [5.74, 6) is 2.73. The zero-order chi connectivity index (χ0) is 26.3. The SMILES string of the molecule is O=C(O)COC1CCCN(c2cccc(Nc3cncc(N4CCCC(OC5=C(O)CCC=C5)C4)n3)n2)C1. The van der Waals surface area contributed by atoms with Gasteiger partial charge in [-0.05, 0) is 50.3 Å². The topological polar surface area (TPSA) is 133 Å². The summed E-state index contributed by atoms with van der Waals surface area (Å²) in [6.45, 7) is 2.66. The number of hydrogen-bond donors (Lipinski definition) is 3. The van der Waals surface area contributed by atoms with E-state index >= 15 is 0 Å². The highest BCUT2D eigenvalue weighted by Gasteiger charge is 2.25. The third-order valence-corrected chi connectivity index (χ3v) is 6.85. The highest BCUT2D eigenvalue weighted by Crippen LogP contribution is 2.26. The van der Waals surface area contributed by atoms with Crippen LogP contribution in [0, 0.1) is 0 Å². The number of carboxylic acid groups (broad SMARTS) is 1. The molecule has 3 N–H and O–H groups in total. The number of aliphatic hydroxyl groups is 1. The largest absolute Gasteiger partial charge is 0.508 e. The molecule has 0 amide bonds. The van der Waals surface area contributed by atoms with E-state index in [1.165, 1.54) is 0 Å². The molecule has 0 aromatic carbocycles. The summed E-state index contributed by atoms with van der Waals surface area (Å²) in [7, 11) is 0. The maximum Gasteiger partial charge on any atom is 0.329 e. The molecule has 5 rings (SSSR count). The fourth-order valence-corrected chi connectivity index (χ4v) is 5.00. The van der Waals surface area contributed by atoms with Crippen LogP contribution >= 0.6 is 0 Å². The Balaban J connectivity index is 1.22. The molecule has 1 aliphatic carbocycles. The first-order valence-electron chi connectivity index (χ1n) is 13.2. The van der Waals surface area contributed by atoms with E-state index in [1.54, 1.807) is 12.4 Å². The Morgan fingerprint density at radius 2 is 1.79 bits per heavy atom. The third-order valence-electron chi connectivity index (χ3n) is 6.85. The average Bonchev–Trinajstić information content (AvgIpc) is 2.94. The Bertz CT molecular complexity index is 1190. The number of anilines is 4. The van der Waals surface area contributed by atoms with Crippen LogP contribution in [0.25, 0.3) is 0 Å². The zero-order valence-corrected chi connectivity index (χ0v) is 21.3. The molecule has 2 aliphatic heterocycles. The highest BCUT2D eigenvalue weighted by molar-refractivity contribution is 5.68. The number of pyridine rings is 1. The van der Waals surface area contributed by atoms with Gasteiger partial charge >= 0.3 is 5.97 Å². The van der Waals surface area contributed by atoms with Gasteiger partial charge in [0, 0.05) is 26.1 Å². The minimum atomic E-state index is -0.958. The van der Waals surface area contributed by atoms with E-state index in [0.29, 0.717) is 42.7 Å². The number of aromatic nitrogens is 3. The summed E-state index contributed by atoms with van der Waals surface area (Å²) in [6.07, 6.45) is 12.2. The van der Waals surface area contributed by atoms with Gasteiger partial charge in [0.2, 0.25) is 0 Å². The van der Waals surface area contributed by atoms with Crippen LogP contribution in [0.4, 0.5) is 23.3 Å². The highest BCUT2D eigenvalue weighted by atomic mass is 16.5. The first-order chi connectivity index (χ1) is 18.5. The van der Waals surface area contributed by atoms with Crippen molar-refractivity contribution in [2.24, 2.45) is 0 Å². The van der Waals surface area contributed by atoms with Crippen molar-refractivity contribution in [3.8, 4) is 0 Å². The van der Waals surface area contributed by atoms with Crippen LogP contribution in [0.1, 0.15) is 38.5 Å². The molecule has 2 fully saturated rings. The van der Waals surface area contributed by atoms with Crippen molar-refractivity contribution in [2.45, 2.75) is 50.7 Å². The van der Waals surface area contributed by atoms with Gasteiger partial charge in [0.15, 0.2) is 11.6 Å². The molecular formula is C27H34N6O5. The Morgan fingerprint density at radius 1 is 1.03 bits per heavy atom. The number of carboxylic acids is 1. The van der Waals surface area contributed by atoms with Gasteiger partial charge in [0.1, 0.15) is 35.9 Å². The molecule has 4 heterocycles. The molecule has 11 heteroatoms. The lowest BCUT2D eigenvalue weighted by molar-refractivity contribution is -0.144. The van der Waals surface area contributed by atoms with Crippen LogP contribution in [-0.2, 0) is 14.3 Å². The van der Waals surface area contributed by atoms with Crippen LogP contribution in [0.2, 0.25) is 0 Å². The predicted octanol–water partition coefficient (Wildman–Crippen LogP) is 3.79. The number of nitrogens with zero attached hydrogens (tertiary/aromatic N) is 5. The number of ether oxygens (including phenoxy) is 2. The predicted molar refractivity (Wildman–Crippen MR) is 143 cm³/mol. The summed E-state index contributed by atoms with van der Waals surface area (Å²) in [5, 5.41) is 22.3. The molecule has 2 aromatic rings. The fourth-order valence-electron chi connectivity index (χ4n) is 5.00. The number of hydrogen-bond acceptors (Lipinski definition) is 10. The molecule has 2 atom stereocenters. The van der Waals surface area contributed by atoms with Gasteiger partial charge in [0.25, 0.3) is 0 Å². The second kappa shape index (κ2) is 12.1. The molecule has 38 heavy (non-hydrogen) atoms. The van der Waals surface area contributed by atoms with E-state index in [2.05, 4.69) is 20.1 Å². The van der Waals surface area contributed by atoms with Gasteiger partial charge in [0.05, 0.1) is 25.0 Å². The van der Waals surface area contributed by atoms with Crippen molar-refractivity contribution in [1.29, 1.82) is 0 Å². The van der Waals surface area contributed by atoms with Gasteiger partial charge in [-0.3, -0.25) is 4.98 Å². The first kappa shape index (κ1) is 25.8. The number of carbonyl (C=O) groups is 1. The zero-order valence-electron chi connectivity index (χ0n) is 21.3. The van der Waals surface area contributed by atoms with Crippen molar-refractivity contribution >= 4 is 29.2 Å². The van der Waals surface area contributed by atoms with E-state index in [9.17, 15) is 9.90 Å². The maximum atomic E-state index is 10.9. The number of nitrogens with one attached hydrogen (secondary N) is 1. The summed E-state index contributed by atoms with van der Waals surface area (Å²) >= 11 is 0. The summed E-state index contributed by atoms with van der Waals surface area (Å²) < 4.78 is 11.6. The average molecular weight is 523 g/mol. The number of allylic oxidation sites excluding steroid dienone is 3. The molecule has 2 aromatic heterocycles. The summed E-state index contributed by atoms with van der Waals surface area (Å²) in [4.78, 5) is 29.1. The van der Waals surface area contributed by atoms with Gasteiger partial charge in [-0.2, -0.15) is 0 Å². The molecule has 2 unspecified atom stereocenters. The second-order valence-electron chi connectivity index (χ2n) is 9.76. The van der Waals surface area contributed by atoms with E-state index in [1.807, 2.05) is 30.4 Å². The molecule has 0 bridgehead atoms. The molecule has 0 saturated carbocycles. The Hall–Kier alpha value is -3.86. The Labute approximate surface area is 221 Å². The molecule has 202 valence electrons. The maximum absolute atomic E-state index is 10.9. The summed E-state index contributed by atoms with van der Waals surface area (Å²) in [5.41, 5.74) is 0. The lowest BCUT2D eigenvalue weighted by Gasteiger charge is -2.34. The minimum Gasteiger partial charge on any atom is -0.508 e. The van der Waals surface area contributed by atoms with Gasteiger partial charge in [-0.15, -0.1) is 0 Å². The Morgan fingerprint density at radius 3 is 2.61 bits per heavy atom. The third kappa shape index (κ3) is 6.71. The van der Waals surface area contributed by atoms with Crippen LogP contribution in [-0.4, -0.2) is 76.1 Å². The van der Waals surface area contributed by atoms with Crippen LogP contribution in [0.15, 0.2) is 54.3 Å². The van der Waals surface area contributed by atoms with E-state index in [-0.39, 0.29) is 18.8 Å². The lowest BCUT2D eigenvalue weighted by Crippen LogP contribution is -2.40. The van der Waals surface area contributed by atoms with Crippen LogP contribution < -0.4 is 15.1 Å². The van der Waals surface area contributed by atoms with Gasteiger partial charge < -0.3 is 34.8 Å².